The Kier molecular flexibility index (Phi) is 7.52. The summed E-state index contributed by atoms with van der Waals surface area (Å²) in [5, 5.41) is 3.42. The van der Waals surface area contributed by atoms with E-state index in [1.807, 2.05) is 58.2 Å². The standard InChI is InChI=1S/C24H31N5O4/c1-5-6-10-32-19(30)14-29-13-18(20-21(25)27-15-28-22(20)29)17-9-7-8-16(11-17)12-26-23(31)33-24(2,3)4/h7-9,11,13,15H,5-6,10,12,14H2,1-4H3,(H,26,31)(H2,25,27,28). The Morgan fingerprint density at radius 3 is 2.73 bits per heavy atom. The van der Waals surface area contributed by atoms with Crippen LogP contribution in [0.2, 0.25) is 0 Å². The van der Waals surface area contributed by atoms with E-state index in [0.717, 1.165) is 29.5 Å². The van der Waals surface area contributed by atoms with E-state index in [2.05, 4.69) is 15.3 Å². The molecule has 1 aromatic carbocycles. The number of nitrogens with two attached hydrogens (primary N) is 1. The van der Waals surface area contributed by atoms with Gasteiger partial charge in [0.2, 0.25) is 0 Å². The van der Waals surface area contributed by atoms with Crippen molar-refractivity contribution in [2.24, 2.45) is 0 Å². The Morgan fingerprint density at radius 1 is 1.21 bits per heavy atom. The second-order valence-electron chi connectivity index (χ2n) is 8.76. The van der Waals surface area contributed by atoms with Crippen molar-refractivity contribution in [3.05, 3.63) is 42.4 Å². The van der Waals surface area contributed by atoms with E-state index in [1.165, 1.54) is 6.33 Å². The van der Waals surface area contributed by atoms with Crippen LogP contribution in [0.25, 0.3) is 22.2 Å². The quantitative estimate of drug-likeness (QED) is 0.390. The van der Waals surface area contributed by atoms with Crippen molar-refractivity contribution < 1.29 is 19.1 Å². The van der Waals surface area contributed by atoms with Crippen LogP contribution in [0.3, 0.4) is 0 Å². The maximum absolute atomic E-state index is 12.3. The Balaban J connectivity index is 1.85. The highest BCUT2D eigenvalue weighted by atomic mass is 16.6. The second kappa shape index (κ2) is 10.3. The summed E-state index contributed by atoms with van der Waals surface area (Å²) in [7, 11) is 0. The van der Waals surface area contributed by atoms with Gasteiger partial charge in [-0.3, -0.25) is 4.79 Å². The maximum atomic E-state index is 12.3. The van der Waals surface area contributed by atoms with E-state index in [1.54, 1.807) is 4.57 Å². The average Bonchev–Trinajstić information content (AvgIpc) is 3.11. The van der Waals surface area contributed by atoms with Gasteiger partial charge in [-0.05, 0) is 44.4 Å². The number of esters is 1. The fraction of sp³-hybridized carbons (Fsp3) is 0.417. The number of ether oxygens (including phenoxy) is 2. The van der Waals surface area contributed by atoms with E-state index >= 15 is 0 Å². The minimum atomic E-state index is -0.566. The number of aromatic nitrogens is 3. The van der Waals surface area contributed by atoms with Crippen LogP contribution in [0.5, 0.6) is 0 Å². The molecule has 33 heavy (non-hydrogen) atoms. The van der Waals surface area contributed by atoms with Gasteiger partial charge in [-0.1, -0.05) is 31.5 Å². The lowest BCUT2D eigenvalue weighted by atomic mass is 10.0. The molecule has 0 aliphatic rings. The van der Waals surface area contributed by atoms with Crippen molar-refractivity contribution in [1.82, 2.24) is 19.9 Å². The van der Waals surface area contributed by atoms with Crippen LogP contribution in [0.1, 0.15) is 46.1 Å². The second-order valence-corrected chi connectivity index (χ2v) is 8.76. The lowest BCUT2D eigenvalue weighted by molar-refractivity contribution is -0.144. The van der Waals surface area contributed by atoms with Crippen LogP contribution in [0.4, 0.5) is 10.6 Å². The smallest absolute Gasteiger partial charge is 0.407 e. The van der Waals surface area contributed by atoms with Gasteiger partial charge in [0.15, 0.2) is 0 Å². The summed E-state index contributed by atoms with van der Waals surface area (Å²) in [6, 6.07) is 7.68. The van der Waals surface area contributed by atoms with Gasteiger partial charge in [-0.2, -0.15) is 0 Å². The Morgan fingerprint density at radius 2 is 2.00 bits per heavy atom. The normalized spacial score (nSPS) is 11.4. The lowest BCUT2D eigenvalue weighted by Gasteiger charge is -2.19. The number of unbranched alkanes of at least 4 members (excludes halogenated alkanes) is 1. The number of carbonyl (C=O) groups is 2. The molecule has 0 aliphatic carbocycles. The summed E-state index contributed by atoms with van der Waals surface area (Å²) in [6.45, 7) is 8.20. The van der Waals surface area contributed by atoms with Crippen LogP contribution in [-0.2, 0) is 27.4 Å². The molecule has 3 N–H and O–H groups in total. The summed E-state index contributed by atoms with van der Waals surface area (Å²) in [5.74, 6) is -0.00946. The zero-order valence-corrected chi connectivity index (χ0v) is 19.6. The van der Waals surface area contributed by atoms with Crippen molar-refractivity contribution in [3.63, 3.8) is 0 Å². The van der Waals surface area contributed by atoms with Gasteiger partial charge in [-0.15, -0.1) is 0 Å². The molecule has 9 heteroatoms. The molecule has 0 saturated carbocycles. The van der Waals surface area contributed by atoms with E-state index in [4.69, 9.17) is 15.2 Å². The van der Waals surface area contributed by atoms with E-state index in [9.17, 15) is 9.59 Å². The highest BCUT2D eigenvalue weighted by Crippen LogP contribution is 2.33. The Hall–Kier alpha value is -3.62. The number of fused-ring (bicyclic) bond motifs is 1. The minimum absolute atomic E-state index is 0.0244. The van der Waals surface area contributed by atoms with Crippen LogP contribution in [0, 0.1) is 0 Å². The molecule has 2 aromatic heterocycles. The number of carbonyl (C=O) groups excluding carboxylic acids is 2. The molecule has 0 radical (unpaired) electrons. The van der Waals surface area contributed by atoms with Crippen molar-refractivity contribution in [2.75, 3.05) is 12.3 Å². The van der Waals surface area contributed by atoms with Crippen LogP contribution < -0.4 is 11.1 Å². The molecule has 0 unspecified atom stereocenters. The molecule has 0 atom stereocenters. The van der Waals surface area contributed by atoms with Gasteiger partial charge >= 0.3 is 12.1 Å². The van der Waals surface area contributed by atoms with Gasteiger partial charge in [0.25, 0.3) is 0 Å². The number of nitrogen functional groups attached to an aromatic ring is 1. The highest BCUT2D eigenvalue weighted by Gasteiger charge is 2.18. The minimum Gasteiger partial charge on any atom is -0.464 e. The van der Waals surface area contributed by atoms with Crippen molar-refractivity contribution >= 4 is 28.9 Å². The molecule has 1 amide bonds. The van der Waals surface area contributed by atoms with Crippen LogP contribution in [0.15, 0.2) is 36.8 Å². The van der Waals surface area contributed by atoms with Crippen LogP contribution >= 0.6 is 0 Å². The molecule has 2 heterocycles. The molecule has 0 bridgehead atoms. The van der Waals surface area contributed by atoms with Gasteiger partial charge in [0, 0.05) is 18.3 Å². The zero-order valence-electron chi connectivity index (χ0n) is 19.6. The highest BCUT2D eigenvalue weighted by molar-refractivity contribution is 6.01. The number of rotatable bonds is 8. The molecule has 0 saturated heterocycles. The van der Waals surface area contributed by atoms with Gasteiger partial charge in [0.1, 0.15) is 29.9 Å². The summed E-state index contributed by atoms with van der Waals surface area (Å²) < 4.78 is 12.3. The first-order valence-corrected chi connectivity index (χ1v) is 11.0. The largest absolute Gasteiger partial charge is 0.464 e. The van der Waals surface area contributed by atoms with E-state index in [-0.39, 0.29) is 12.5 Å². The monoisotopic (exact) mass is 453 g/mol. The first kappa shape index (κ1) is 24.0. The van der Waals surface area contributed by atoms with E-state index in [0.29, 0.717) is 30.0 Å². The molecule has 0 spiro atoms. The van der Waals surface area contributed by atoms with Gasteiger partial charge < -0.3 is 25.1 Å². The third-order valence-electron chi connectivity index (χ3n) is 4.82. The number of nitrogens with zero attached hydrogens (tertiary/aromatic N) is 3. The summed E-state index contributed by atoms with van der Waals surface area (Å²) in [4.78, 5) is 32.8. The lowest BCUT2D eigenvalue weighted by Crippen LogP contribution is -2.32. The Bertz CT molecular complexity index is 1130. The van der Waals surface area contributed by atoms with E-state index < -0.39 is 11.7 Å². The Labute approximate surface area is 193 Å². The molecule has 0 aliphatic heterocycles. The topological polar surface area (TPSA) is 121 Å². The molecule has 0 fully saturated rings. The van der Waals surface area contributed by atoms with Crippen LogP contribution in [-0.4, -0.2) is 38.8 Å². The number of hydrogen-bond donors (Lipinski definition) is 2. The summed E-state index contributed by atoms with van der Waals surface area (Å²) in [5.41, 5.74) is 8.71. The fourth-order valence-electron chi connectivity index (χ4n) is 3.34. The van der Waals surface area contributed by atoms with Crippen molar-refractivity contribution in [2.45, 2.75) is 59.2 Å². The first-order chi connectivity index (χ1) is 15.7. The number of alkyl carbamates (subject to hydrolysis) is 1. The SMILES string of the molecule is CCCCOC(=O)Cn1cc(-c2cccc(CNC(=O)OC(C)(C)C)c2)c2c(N)ncnc21. The average molecular weight is 454 g/mol. The predicted molar refractivity (Wildman–Crippen MR) is 126 cm³/mol. The number of hydrogen-bond acceptors (Lipinski definition) is 7. The summed E-state index contributed by atoms with van der Waals surface area (Å²) >= 11 is 0. The third-order valence-corrected chi connectivity index (χ3v) is 4.82. The predicted octanol–water partition coefficient (Wildman–Crippen LogP) is 4.05. The number of nitrogens with one attached hydrogen (secondary N) is 1. The van der Waals surface area contributed by atoms with Crippen molar-refractivity contribution in [3.8, 4) is 11.1 Å². The fourth-order valence-corrected chi connectivity index (χ4v) is 3.34. The third kappa shape index (κ3) is 6.44. The molecule has 3 aromatic rings. The van der Waals surface area contributed by atoms with Crippen molar-refractivity contribution in [1.29, 1.82) is 0 Å². The summed E-state index contributed by atoms with van der Waals surface area (Å²) in [6.07, 6.45) is 4.50. The number of benzene rings is 1. The maximum Gasteiger partial charge on any atom is 0.407 e. The molecular weight excluding hydrogens is 422 g/mol. The van der Waals surface area contributed by atoms with Gasteiger partial charge in [0.05, 0.1) is 12.0 Å². The molecular formula is C24H31N5O4. The number of anilines is 1. The molecule has 3 rings (SSSR count). The zero-order chi connectivity index (χ0) is 24.0. The molecule has 9 nitrogen and oxygen atoms in total. The number of amides is 1. The molecule has 176 valence electrons. The van der Waals surface area contributed by atoms with Gasteiger partial charge in [-0.25, -0.2) is 14.8 Å². The first-order valence-electron chi connectivity index (χ1n) is 11.0.